The van der Waals surface area contributed by atoms with Gasteiger partial charge in [0.2, 0.25) is 5.91 Å². The van der Waals surface area contributed by atoms with Gasteiger partial charge in [-0.05, 0) is 19.1 Å². The molecule has 1 aliphatic rings. The van der Waals surface area contributed by atoms with E-state index in [1.807, 2.05) is 0 Å². The van der Waals surface area contributed by atoms with Gasteiger partial charge in [0.05, 0.1) is 30.5 Å². The van der Waals surface area contributed by atoms with Gasteiger partial charge in [-0.2, -0.15) is 0 Å². The summed E-state index contributed by atoms with van der Waals surface area (Å²) in [5.41, 5.74) is 7.10. The van der Waals surface area contributed by atoms with Gasteiger partial charge in [0.15, 0.2) is 0 Å². The molecular formula is C11H14ClN3O2. The van der Waals surface area contributed by atoms with Gasteiger partial charge in [0.1, 0.15) is 5.15 Å². The van der Waals surface area contributed by atoms with Crippen LogP contribution in [0, 0.1) is 12.8 Å². The number of nitrogens with two attached hydrogens (primary N) is 1. The zero-order valence-electron chi connectivity index (χ0n) is 9.44. The SMILES string of the molecule is Cc1nc(Cl)ccc1NC(=O)C1COCC1N. The second-order valence-electron chi connectivity index (χ2n) is 4.06. The fourth-order valence-corrected chi connectivity index (χ4v) is 1.92. The molecule has 2 unspecified atom stereocenters. The van der Waals surface area contributed by atoms with Crippen molar-refractivity contribution >= 4 is 23.2 Å². The molecule has 2 rings (SSSR count). The summed E-state index contributed by atoms with van der Waals surface area (Å²) in [7, 11) is 0. The lowest BCUT2D eigenvalue weighted by molar-refractivity contribution is -0.120. The van der Waals surface area contributed by atoms with E-state index in [1.165, 1.54) is 0 Å². The van der Waals surface area contributed by atoms with Gasteiger partial charge in [-0.1, -0.05) is 11.6 Å². The van der Waals surface area contributed by atoms with Crippen LogP contribution in [0.3, 0.4) is 0 Å². The third-order valence-electron chi connectivity index (χ3n) is 2.77. The Morgan fingerprint density at radius 2 is 2.35 bits per heavy atom. The van der Waals surface area contributed by atoms with Gasteiger partial charge >= 0.3 is 0 Å². The molecule has 6 heteroatoms. The largest absolute Gasteiger partial charge is 0.379 e. The van der Waals surface area contributed by atoms with Crippen LogP contribution < -0.4 is 11.1 Å². The number of carbonyl (C=O) groups is 1. The third-order valence-corrected chi connectivity index (χ3v) is 2.98. The molecule has 17 heavy (non-hydrogen) atoms. The smallest absolute Gasteiger partial charge is 0.231 e. The first-order valence-corrected chi connectivity index (χ1v) is 5.73. The highest BCUT2D eigenvalue weighted by atomic mass is 35.5. The summed E-state index contributed by atoms with van der Waals surface area (Å²) < 4.78 is 5.15. The molecular weight excluding hydrogens is 242 g/mol. The van der Waals surface area contributed by atoms with Crippen LogP contribution in [0.25, 0.3) is 0 Å². The minimum atomic E-state index is -0.301. The molecule has 2 heterocycles. The van der Waals surface area contributed by atoms with Gasteiger partial charge < -0.3 is 15.8 Å². The second-order valence-corrected chi connectivity index (χ2v) is 4.45. The highest BCUT2D eigenvalue weighted by molar-refractivity contribution is 6.29. The van der Waals surface area contributed by atoms with Crippen molar-refractivity contribution in [2.45, 2.75) is 13.0 Å². The van der Waals surface area contributed by atoms with E-state index in [4.69, 9.17) is 22.1 Å². The summed E-state index contributed by atoms with van der Waals surface area (Å²) >= 11 is 5.74. The molecule has 1 amide bonds. The maximum absolute atomic E-state index is 11.9. The lowest BCUT2D eigenvalue weighted by atomic mass is 10.0. The molecule has 0 saturated carbocycles. The molecule has 2 atom stereocenters. The first kappa shape index (κ1) is 12.3. The number of hydrogen-bond acceptors (Lipinski definition) is 4. The van der Waals surface area contributed by atoms with Gasteiger partial charge in [-0.25, -0.2) is 4.98 Å². The van der Waals surface area contributed by atoms with Crippen molar-refractivity contribution in [3.05, 3.63) is 23.0 Å². The number of anilines is 1. The Labute approximate surface area is 104 Å². The number of carbonyl (C=O) groups excluding carboxylic acids is 1. The van der Waals surface area contributed by atoms with Gasteiger partial charge in [0.25, 0.3) is 0 Å². The van der Waals surface area contributed by atoms with E-state index in [1.54, 1.807) is 19.1 Å². The highest BCUT2D eigenvalue weighted by Gasteiger charge is 2.31. The predicted octanol–water partition coefficient (Wildman–Crippen LogP) is 0.956. The number of ether oxygens (including phenoxy) is 1. The van der Waals surface area contributed by atoms with E-state index in [9.17, 15) is 4.79 Å². The molecule has 0 bridgehead atoms. The van der Waals surface area contributed by atoms with E-state index in [-0.39, 0.29) is 17.9 Å². The molecule has 1 aromatic rings. The summed E-state index contributed by atoms with van der Waals surface area (Å²) in [4.78, 5) is 16.0. The summed E-state index contributed by atoms with van der Waals surface area (Å²) in [6.45, 7) is 2.58. The van der Waals surface area contributed by atoms with Crippen LogP contribution in [-0.4, -0.2) is 30.1 Å². The number of nitrogens with zero attached hydrogens (tertiary/aromatic N) is 1. The van der Waals surface area contributed by atoms with E-state index < -0.39 is 0 Å². The van der Waals surface area contributed by atoms with E-state index in [0.717, 1.165) is 0 Å². The zero-order chi connectivity index (χ0) is 12.4. The molecule has 3 N–H and O–H groups in total. The zero-order valence-corrected chi connectivity index (χ0v) is 10.2. The Hall–Kier alpha value is -1.17. The summed E-state index contributed by atoms with van der Waals surface area (Å²) in [5, 5.41) is 3.19. The number of rotatable bonds is 2. The normalized spacial score (nSPS) is 23.7. The molecule has 92 valence electrons. The maximum atomic E-state index is 11.9. The molecule has 0 aliphatic carbocycles. The van der Waals surface area contributed by atoms with Crippen LogP contribution in [0.2, 0.25) is 5.15 Å². The monoisotopic (exact) mass is 255 g/mol. The first-order chi connectivity index (χ1) is 8.08. The number of nitrogens with one attached hydrogen (secondary N) is 1. The van der Waals surface area contributed by atoms with E-state index in [2.05, 4.69) is 10.3 Å². The minimum absolute atomic E-state index is 0.137. The highest BCUT2D eigenvalue weighted by Crippen LogP contribution is 2.19. The number of amides is 1. The number of aryl methyl sites for hydroxylation is 1. The molecule has 0 spiro atoms. The quantitative estimate of drug-likeness (QED) is 0.772. The summed E-state index contributed by atoms with van der Waals surface area (Å²) in [5.74, 6) is -0.438. The van der Waals surface area contributed by atoms with Crippen molar-refractivity contribution in [1.29, 1.82) is 0 Å². The van der Waals surface area contributed by atoms with Crippen LogP contribution in [0.4, 0.5) is 5.69 Å². The number of pyridine rings is 1. The predicted molar refractivity (Wildman–Crippen MR) is 64.9 cm³/mol. The van der Waals surface area contributed by atoms with Crippen molar-refractivity contribution in [2.75, 3.05) is 18.5 Å². The van der Waals surface area contributed by atoms with E-state index in [0.29, 0.717) is 29.7 Å². The Bertz CT molecular complexity index is 439. The van der Waals surface area contributed by atoms with Gasteiger partial charge in [0, 0.05) is 6.04 Å². The van der Waals surface area contributed by atoms with Crippen LogP contribution in [0.1, 0.15) is 5.69 Å². The summed E-state index contributed by atoms with van der Waals surface area (Å²) in [6, 6.07) is 3.12. The number of halogens is 1. The number of aromatic nitrogens is 1. The Kier molecular flexibility index (Phi) is 3.61. The first-order valence-electron chi connectivity index (χ1n) is 5.35. The van der Waals surface area contributed by atoms with E-state index >= 15 is 0 Å². The Morgan fingerprint density at radius 1 is 1.59 bits per heavy atom. The lowest BCUT2D eigenvalue weighted by Crippen LogP contribution is -2.37. The van der Waals surface area contributed by atoms with Crippen molar-refractivity contribution in [3.8, 4) is 0 Å². The van der Waals surface area contributed by atoms with Crippen molar-refractivity contribution in [3.63, 3.8) is 0 Å². The molecule has 0 radical (unpaired) electrons. The van der Waals surface area contributed by atoms with Crippen molar-refractivity contribution in [2.24, 2.45) is 11.7 Å². The average Bonchev–Trinajstić information content (AvgIpc) is 2.68. The molecule has 1 fully saturated rings. The standard InChI is InChI=1S/C11H14ClN3O2/c1-6-9(2-3-10(12)14-6)15-11(16)7-4-17-5-8(7)13/h2-3,7-8H,4-5,13H2,1H3,(H,15,16). The van der Waals surface area contributed by atoms with Crippen LogP contribution in [0.5, 0.6) is 0 Å². The van der Waals surface area contributed by atoms with Gasteiger partial charge in [-0.15, -0.1) is 0 Å². The fraction of sp³-hybridized carbons (Fsp3) is 0.455. The average molecular weight is 256 g/mol. The van der Waals surface area contributed by atoms with Crippen molar-refractivity contribution in [1.82, 2.24) is 4.98 Å². The lowest BCUT2D eigenvalue weighted by Gasteiger charge is -2.14. The molecule has 1 saturated heterocycles. The Balaban J connectivity index is 2.07. The number of hydrogen-bond donors (Lipinski definition) is 2. The minimum Gasteiger partial charge on any atom is -0.379 e. The maximum Gasteiger partial charge on any atom is 0.231 e. The van der Waals surface area contributed by atoms with Gasteiger partial charge in [-0.3, -0.25) is 4.79 Å². The van der Waals surface area contributed by atoms with Crippen molar-refractivity contribution < 1.29 is 9.53 Å². The van der Waals surface area contributed by atoms with Crippen LogP contribution in [-0.2, 0) is 9.53 Å². The summed E-state index contributed by atoms with van der Waals surface area (Å²) in [6.07, 6.45) is 0. The van der Waals surface area contributed by atoms with Crippen LogP contribution >= 0.6 is 11.6 Å². The fourth-order valence-electron chi connectivity index (χ4n) is 1.73. The molecule has 5 nitrogen and oxygen atoms in total. The molecule has 1 aromatic heterocycles. The third kappa shape index (κ3) is 2.74. The molecule has 1 aliphatic heterocycles. The molecule has 0 aromatic carbocycles. The topological polar surface area (TPSA) is 77.2 Å². The van der Waals surface area contributed by atoms with Crippen LogP contribution in [0.15, 0.2) is 12.1 Å². The Morgan fingerprint density at radius 3 is 2.94 bits per heavy atom. The second kappa shape index (κ2) is 5.00.